The van der Waals surface area contributed by atoms with E-state index in [0.717, 1.165) is 10.6 Å². The van der Waals surface area contributed by atoms with Crippen LogP contribution < -0.4 is 15.8 Å². The SMILES string of the molecule is COc1ccc(SCC(=O)NC(C(N)=O)c2ccccc2)cc1. The maximum Gasteiger partial charge on any atom is 0.244 e. The monoisotopic (exact) mass is 330 g/mol. The largest absolute Gasteiger partial charge is 0.497 e. The lowest BCUT2D eigenvalue weighted by Gasteiger charge is -2.15. The first-order valence-electron chi connectivity index (χ1n) is 7.00. The van der Waals surface area contributed by atoms with Gasteiger partial charge in [-0.15, -0.1) is 11.8 Å². The topological polar surface area (TPSA) is 81.4 Å². The zero-order chi connectivity index (χ0) is 16.7. The Balaban J connectivity index is 1.93. The molecule has 23 heavy (non-hydrogen) atoms. The van der Waals surface area contributed by atoms with Crippen LogP contribution >= 0.6 is 11.8 Å². The molecule has 0 aliphatic heterocycles. The first-order chi connectivity index (χ1) is 11.1. The van der Waals surface area contributed by atoms with E-state index in [0.29, 0.717) is 5.56 Å². The molecule has 0 saturated heterocycles. The van der Waals surface area contributed by atoms with Crippen molar-refractivity contribution in [2.45, 2.75) is 10.9 Å². The average Bonchev–Trinajstić information content (AvgIpc) is 2.58. The average molecular weight is 330 g/mol. The lowest BCUT2D eigenvalue weighted by atomic mass is 10.1. The number of carbonyl (C=O) groups excluding carboxylic acids is 2. The van der Waals surface area contributed by atoms with Gasteiger partial charge in [-0.3, -0.25) is 9.59 Å². The molecule has 1 atom stereocenters. The molecule has 0 aromatic heterocycles. The molecule has 3 N–H and O–H groups in total. The van der Waals surface area contributed by atoms with Crippen molar-refractivity contribution in [1.29, 1.82) is 0 Å². The summed E-state index contributed by atoms with van der Waals surface area (Å²) in [5, 5.41) is 2.67. The van der Waals surface area contributed by atoms with E-state index >= 15 is 0 Å². The Labute approximate surface area is 139 Å². The van der Waals surface area contributed by atoms with Crippen molar-refractivity contribution in [3.05, 3.63) is 60.2 Å². The minimum Gasteiger partial charge on any atom is -0.497 e. The summed E-state index contributed by atoms with van der Waals surface area (Å²) in [5.74, 6) is 0.122. The molecule has 0 fully saturated rings. The molecule has 0 aliphatic carbocycles. The van der Waals surface area contributed by atoms with Crippen LogP contribution in [-0.4, -0.2) is 24.7 Å². The van der Waals surface area contributed by atoms with Crippen molar-refractivity contribution in [3.8, 4) is 5.75 Å². The molecule has 120 valence electrons. The van der Waals surface area contributed by atoms with Gasteiger partial charge in [-0.1, -0.05) is 30.3 Å². The predicted molar refractivity (Wildman–Crippen MR) is 90.2 cm³/mol. The second kappa shape index (κ2) is 8.24. The Morgan fingerprint density at radius 2 is 1.78 bits per heavy atom. The Morgan fingerprint density at radius 3 is 2.35 bits per heavy atom. The van der Waals surface area contributed by atoms with Gasteiger partial charge in [0.2, 0.25) is 11.8 Å². The van der Waals surface area contributed by atoms with Gasteiger partial charge in [0.25, 0.3) is 0 Å². The molecule has 6 heteroatoms. The fourth-order valence-corrected chi connectivity index (χ4v) is 2.70. The van der Waals surface area contributed by atoms with Crippen LogP contribution in [0.3, 0.4) is 0 Å². The Hall–Kier alpha value is -2.47. The maximum atomic E-state index is 12.1. The molecule has 0 heterocycles. The van der Waals surface area contributed by atoms with Gasteiger partial charge in [0.05, 0.1) is 12.9 Å². The Morgan fingerprint density at radius 1 is 1.13 bits per heavy atom. The molecule has 0 radical (unpaired) electrons. The number of hydrogen-bond donors (Lipinski definition) is 2. The maximum absolute atomic E-state index is 12.1. The number of hydrogen-bond acceptors (Lipinski definition) is 4. The van der Waals surface area contributed by atoms with Crippen LogP contribution in [0.4, 0.5) is 0 Å². The van der Waals surface area contributed by atoms with Gasteiger partial charge in [-0.25, -0.2) is 0 Å². The zero-order valence-electron chi connectivity index (χ0n) is 12.7. The smallest absolute Gasteiger partial charge is 0.244 e. The minimum absolute atomic E-state index is 0.197. The third-order valence-electron chi connectivity index (χ3n) is 3.15. The number of thioether (sulfide) groups is 1. The van der Waals surface area contributed by atoms with E-state index in [4.69, 9.17) is 10.5 Å². The lowest BCUT2D eigenvalue weighted by Crippen LogP contribution is -2.38. The summed E-state index contributed by atoms with van der Waals surface area (Å²) in [7, 11) is 1.60. The highest BCUT2D eigenvalue weighted by Gasteiger charge is 2.19. The van der Waals surface area contributed by atoms with Crippen LogP contribution in [-0.2, 0) is 9.59 Å². The molecule has 2 aromatic rings. The highest BCUT2D eigenvalue weighted by molar-refractivity contribution is 8.00. The van der Waals surface area contributed by atoms with Gasteiger partial charge < -0.3 is 15.8 Å². The fraction of sp³-hybridized carbons (Fsp3) is 0.176. The van der Waals surface area contributed by atoms with Crippen molar-refractivity contribution in [3.63, 3.8) is 0 Å². The molecule has 5 nitrogen and oxygen atoms in total. The van der Waals surface area contributed by atoms with Gasteiger partial charge in [0.1, 0.15) is 11.8 Å². The van der Waals surface area contributed by atoms with Gasteiger partial charge in [-0.2, -0.15) is 0 Å². The van der Waals surface area contributed by atoms with Crippen molar-refractivity contribution in [1.82, 2.24) is 5.32 Å². The molecule has 1 unspecified atom stereocenters. The minimum atomic E-state index is -0.819. The van der Waals surface area contributed by atoms with Gasteiger partial charge >= 0.3 is 0 Å². The molecule has 0 bridgehead atoms. The van der Waals surface area contributed by atoms with Crippen molar-refractivity contribution in [2.24, 2.45) is 5.73 Å². The number of amides is 2. The normalized spacial score (nSPS) is 11.5. The number of carbonyl (C=O) groups is 2. The van der Waals surface area contributed by atoms with Crippen LogP contribution in [0.25, 0.3) is 0 Å². The first kappa shape index (κ1) is 16.9. The number of ether oxygens (including phenoxy) is 1. The predicted octanol–water partition coefficient (Wildman–Crippen LogP) is 2.13. The molecule has 0 spiro atoms. The van der Waals surface area contributed by atoms with Gasteiger partial charge in [0, 0.05) is 4.90 Å². The summed E-state index contributed by atoms with van der Waals surface area (Å²) in [6, 6.07) is 15.5. The second-order valence-electron chi connectivity index (χ2n) is 4.78. The van der Waals surface area contributed by atoms with E-state index in [1.807, 2.05) is 30.3 Å². The fourth-order valence-electron chi connectivity index (χ4n) is 1.99. The van der Waals surface area contributed by atoms with Gasteiger partial charge in [-0.05, 0) is 29.8 Å². The summed E-state index contributed by atoms with van der Waals surface area (Å²) in [6.07, 6.45) is 0. The summed E-state index contributed by atoms with van der Waals surface area (Å²) in [5.41, 5.74) is 6.05. The van der Waals surface area contributed by atoms with E-state index in [2.05, 4.69) is 5.32 Å². The number of rotatable bonds is 7. The number of methoxy groups -OCH3 is 1. The van der Waals surface area contributed by atoms with E-state index < -0.39 is 11.9 Å². The standard InChI is InChI=1S/C17H18N2O3S/c1-22-13-7-9-14(10-8-13)23-11-15(20)19-16(17(18)21)12-5-3-2-4-6-12/h2-10,16H,11H2,1H3,(H2,18,21)(H,19,20). The molecular formula is C17H18N2O3S. The van der Waals surface area contributed by atoms with Crippen molar-refractivity contribution >= 4 is 23.6 Å². The third-order valence-corrected chi connectivity index (χ3v) is 4.16. The van der Waals surface area contributed by atoms with Crippen LogP contribution in [0, 0.1) is 0 Å². The van der Waals surface area contributed by atoms with Gasteiger partial charge in [0.15, 0.2) is 0 Å². The lowest BCUT2D eigenvalue weighted by molar-refractivity contribution is -0.126. The van der Waals surface area contributed by atoms with E-state index in [1.54, 1.807) is 31.4 Å². The number of nitrogens with one attached hydrogen (secondary N) is 1. The van der Waals surface area contributed by atoms with Crippen LogP contribution in [0.2, 0.25) is 0 Å². The number of primary amides is 1. The summed E-state index contributed by atoms with van der Waals surface area (Å²) in [6.45, 7) is 0. The van der Waals surface area contributed by atoms with E-state index in [9.17, 15) is 9.59 Å². The summed E-state index contributed by atoms with van der Waals surface area (Å²) >= 11 is 1.38. The highest BCUT2D eigenvalue weighted by Crippen LogP contribution is 2.21. The Bertz CT molecular complexity index is 659. The molecule has 2 amide bonds. The van der Waals surface area contributed by atoms with Crippen molar-refractivity contribution < 1.29 is 14.3 Å². The third kappa shape index (κ3) is 5.03. The molecule has 2 aromatic carbocycles. The summed E-state index contributed by atoms with van der Waals surface area (Å²) < 4.78 is 5.08. The first-order valence-corrected chi connectivity index (χ1v) is 7.99. The van der Waals surface area contributed by atoms with Crippen LogP contribution in [0.5, 0.6) is 5.75 Å². The summed E-state index contributed by atoms with van der Waals surface area (Å²) in [4.78, 5) is 24.6. The second-order valence-corrected chi connectivity index (χ2v) is 5.83. The molecule has 0 aliphatic rings. The van der Waals surface area contributed by atoms with Crippen LogP contribution in [0.1, 0.15) is 11.6 Å². The van der Waals surface area contributed by atoms with E-state index in [1.165, 1.54) is 11.8 Å². The number of benzene rings is 2. The number of nitrogens with two attached hydrogens (primary N) is 1. The van der Waals surface area contributed by atoms with Crippen LogP contribution in [0.15, 0.2) is 59.5 Å². The highest BCUT2D eigenvalue weighted by atomic mass is 32.2. The molecule has 0 saturated carbocycles. The quantitative estimate of drug-likeness (QED) is 0.762. The molecular weight excluding hydrogens is 312 g/mol. The Kier molecular flexibility index (Phi) is 6.05. The molecule has 2 rings (SSSR count). The zero-order valence-corrected chi connectivity index (χ0v) is 13.5. The van der Waals surface area contributed by atoms with E-state index in [-0.39, 0.29) is 11.7 Å². The van der Waals surface area contributed by atoms with Crippen molar-refractivity contribution in [2.75, 3.05) is 12.9 Å².